The maximum Gasteiger partial charge on any atom is 0.424 e. The molecule has 0 aromatic heterocycles. The van der Waals surface area contributed by atoms with Crippen LogP contribution in [0.3, 0.4) is 0 Å². The van der Waals surface area contributed by atoms with Crippen LogP contribution in [0.2, 0.25) is 0 Å². The van der Waals surface area contributed by atoms with Gasteiger partial charge in [0.05, 0.1) is 0 Å². The first-order valence-electron chi connectivity index (χ1n) is 4.72. The molecule has 21 heavy (non-hydrogen) atoms. The average molecular weight is 338 g/mol. The number of amides is 4. The first kappa shape index (κ1) is 18.5. The number of carbonyl (C=O) groups is 4. The zero-order valence-corrected chi connectivity index (χ0v) is 11.7. The van der Waals surface area contributed by atoms with Crippen LogP contribution < -0.4 is 11.5 Å². The van der Waals surface area contributed by atoms with Gasteiger partial charge in [-0.25, -0.2) is 9.59 Å². The molecule has 4 amide bonds. The summed E-state index contributed by atoms with van der Waals surface area (Å²) in [6.45, 7) is 0. The van der Waals surface area contributed by atoms with Crippen molar-refractivity contribution in [1.82, 2.24) is 8.61 Å². The van der Waals surface area contributed by atoms with Crippen molar-refractivity contribution in [2.24, 2.45) is 11.5 Å². The van der Waals surface area contributed by atoms with Crippen LogP contribution in [0.5, 0.6) is 0 Å². The highest BCUT2D eigenvalue weighted by Gasteiger charge is 2.30. The van der Waals surface area contributed by atoms with Gasteiger partial charge in [0.2, 0.25) is 0 Å². The lowest BCUT2D eigenvalue weighted by molar-refractivity contribution is -0.133. The number of nitrogens with one attached hydrogen (secondary N) is 2. The molecule has 0 aliphatic heterocycles. The predicted octanol–water partition coefficient (Wildman–Crippen LogP) is -0.527. The SMILES string of the molecule is N=C(N)SN(C(=O)O)C(=O)CC(=O)N(SC(=N)N)C(=O)O. The molecule has 0 saturated heterocycles. The number of imide groups is 2. The second-order valence-corrected chi connectivity index (χ2v) is 5.00. The number of nitrogens with two attached hydrogens (primary N) is 2. The number of rotatable bonds is 2. The van der Waals surface area contributed by atoms with Crippen LogP contribution in [0.25, 0.3) is 0 Å². The molecule has 0 heterocycles. The fourth-order valence-electron chi connectivity index (χ4n) is 0.863. The molecule has 0 aliphatic rings. The summed E-state index contributed by atoms with van der Waals surface area (Å²) in [6, 6.07) is 0. The standard InChI is InChI=1S/C7H10N6O6S2/c8-4(9)20-12(6(16)17)2(14)1-3(15)13(7(18)19)21-5(10)11/h1H2,(H3,8,9)(H3,10,11)(H,16,17)(H,18,19). The van der Waals surface area contributed by atoms with Crippen LogP contribution in [-0.2, 0) is 9.59 Å². The smallest absolute Gasteiger partial charge is 0.424 e. The van der Waals surface area contributed by atoms with Crippen LogP contribution in [0.15, 0.2) is 0 Å². The molecule has 0 radical (unpaired) electrons. The summed E-state index contributed by atoms with van der Waals surface area (Å²) in [5, 5.41) is 29.8. The van der Waals surface area contributed by atoms with Crippen LogP contribution in [0, 0.1) is 10.8 Å². The highest BCUT2D eigenvalue weighted by atomic mass is 32.2. The Bertz CT molecular complexity index is 466. The molecule has 0 fully saturated rings. The Balaban J connectivity index is 4.97. The Hall–Kier alpha value is -2.48. The van der Waals surface area contributed by atoms with Gasteiger partial charge in [0.15, 0.2) is 10.3 Å². The van der Waals surface area contributed by atoms with Gasteiger partial charge < -0.3 is 21.7 Å². The minimum Gasteiger partial charge on any atom is -0.464 e. The van der Waals surface area contributed by atoms with Crippen molar-refractivity contribution in [2.45, 2.75) is 6.42 Å². The van der Waals surface area contributed by atoms with Crippen LogP contribution >= 0.6 is 23.9 Å². The van der Waals surface area contributed by atoms with Gasteiger partial charge in [-0.05, 0) is 0 Å². The number of carbonyl (C=O) groups excluding carboxylic acids is 2. The molecule has 14 heteroatoms. The largest absolute Gasteiger partial charge is 0.464 e. The van der Waals surface area contributed by atoms with Crippen molar-refractivity contribution < 1.29 is 29.4 Å². The Morgan fingerprint density at radius 1 is 0.857 bits per heavy atom. The number of amidine groups is 2. The van der Waals surface area contributed by atoms with Gasteiger partial charge in [-0.15, -0.1) is 0 Å². The number of nitrogens with zero attached hydrogens (tertiary/aromatic N) is 2. The molecule has 0 atom stereocenters. The van der Waals surface area contributed by atoms with Gasteiger partial charge in [-0.3, -0.25) is 20.4 Å². The van der Waals surface area contributed by atoms with Gasteiger partial charge in [-0.1, -0.05) is 0 Å². The Labute approximate surface area is 125 Å². The van der Waals surface area contributed by atoms with Crippen molar-refractivity contribution in [3.8, 4) is 0 Å². The molecule has 0 saturated carbocycles. The second kappa shape index (κ2) is 7.95. The lowest BCUT2D eigenvalue weighted by Crippen LogP contribution is -2.38. The highest BCUT2D eigenvalue weighted by Crippen LogP contribution is 2.15. The van der Waals surface area contributed by atoms with E-state index >= 15 is 0 Å². The van der Waals surface area contributed by atoms with E-state index in [1.807, 2.05) is 0 Å². The second-order valence-electron chi connectivity index (χ2n) is 3.03. The maximum absolute atomic E-state index is 11.6. The lowest BCUT2D eigenvalue weighted by Gasteiger charge is -2.17. The minimum atomic E-state index is -1.78. The fraction of sp³-hybridized carbons (Fsp3) is 0.143. The predicted molar refractivity (Wildman–Crippen MR) is 73.4 cm³/mol. The minimum absolute atomic E-state index is 0.0126. The van der Waals surface area contributed by atoms with Crippen LogP contribution in [-0.4, -0.2) is 53.2 Å². The van der Waals surface area contributed by atoms with Crippen molar-refractivity contribution in [2.75, 3.05) is 0 Å². The molecular formula is C7H10N6O6S2. The van der Waals surface area contributed by atoms with Gasteiger partial charge in [0, 0.05) is 23.9 Å². The molecule has 0 spiro atoms. The number of hydrogen-bond acceptors (Lipinski definition) is 8. The molecule has 0 rings (SSSR count). The molecule has 0 aromatic carbocycles. The third kappa shape index (κ3) is 6.48. The third-order valence-corrected chi connectivity index (χ3v) is 2.96. The van der Waals surface area contributed by atoms with E-state index in [4.69, 9.17) is 32.5 Å². The first-order valence-corrected chi connectivity index (χ1v) is 6.26. The summed E-state index contributed by atoms with van der Waals surface area (Å²) in [5.74, 6) is -2.61. The van der Waals surface area contributed by atoms with Crippen molar-refractivity contribution in [3.63, 3.8) is 0 Å². The van der Waals surface area contributed by atoms with Gasteiger partial charge in [-0.2, -0.15) is 8.61 Å². The number of carboxylic acid groups (broad SMARTS) is 2. The van der Waals surface area contributed by atoms with E-state index < -0.39 is 40.8 Å². The molecule has 0 bridgehead atoms. The van der Waals surface area contributed by atoms with Gasteiger partial charge in [0.1, 0.15) is 6.42 Å². The molecule has 0 aromatic rings. The van der Waals surface area contributed by atoms with Gasteiger partial charge in [0.25, 0.3) is 11.8 Å². The summed E-state index contributed by atoms with van der Waals surface area (Å²) in [7, 11) is 0. The summed E-state index contributed by atoms with van der Waals surface area (Å²) in [5.41, 5.74) is 9.85. The van der Waals surface area contributed by atoms with Crippen LogP contribution in [0.4, 0.5) is 9.59 Å². The van der Waals surface area contributed by atoms with E-state index in [0.717, 1.165) is 0 Å². The summed E-state index contributed by atoms with van der Waals surface area (Å²) in [6.07, 6.45) is -4.69. The highest BCUT2D eigenvalue weighted by molar-refractivity contribution is 8.12. The monoisotopic (exact) mass is 338 g/mol. The van der Waals surface area contributed by atoms with E-state index in [-0.39, 0.29) is 32.5 Å². The zero-order valence-electron chi connectivity index (χ0n) is 10.1. The molecular weight excluding hydrogens is 328 g/mol. The lowest BCUT2D eigenvalue weighted by atomic mass is 10.4. The Kier molecular flexibility index (Phi) is 7.01. The summed E-state index contributed by atoms with van der Waals surface area (Å²) >= 11 is 0.0904. The van der Waals surface area contributed by atoms with E-state index in [0.29, 0.717) is 0 Å². The quantitative estimate of drug-likeness (QED) is 0.164. The maximum atomic E-state index is 11.6. The van der Waals surface area contributed by atoms with Gasteiger partial charge >= 0.3 is 12.2 Å². The van der Waals surface area contributed by atoms with Crippen molar-refractivity contribution >= 4 is 58.2 Å². The zero-order chi connectivity index (χ0) is 16.7. The van der Waals surface area contributed by atoms with Crippen molar-refractivity contribution in [1.29, 1.82) is 10.8 Å². The molecule has 8 N–H and O–H groups in total. The Morgan fingerprint density at radius 3 is 1.33 bits per heavy atom. The Morgan fingerprint density at radius 2 is 1.14 bits per heavy atom. The van der Waals surface area contributed by atoms with E-state index in [9.17, 15) is 19.2 Å². The van der Waals surface area contributed by atoms with E-state index in [2.05, 4.69) is 0 Å². The normalized spacial score (nSPS) is 9.52. The topological polar surface area (TPSA) is 215 Å². The summed E-state index contributed by atoms with van der Waals surface area (Å²) in [4.78, 5) is 44.7. The summed E-state index contributed by atoms with van der Waals surface area (Å²) < 4.78 is 0.0252. The molecule has 12 nitrogen and oxygen atoms in total. The van der Waals surface area contributed by atoms with E-state index in [1.54, 1.807) is 0 Å². The fourth-order valence-corrected chi connectivity index (χ4v) is 1.75. The third-order valence-electron chi connectivity index (χ3n) is 1.48. The number of hydrogen-bond donors (Lipinski definition) is 6. The van der Waals surface area contributed by atoms with E-state index in [1.165, 1.54) is 0 Å². The molecule has 0 unspecified atom stereocenters. The van der Waals surface area contributed by atoms with Crippen molar-refractivity contribution in [3.05, 3.63) is 0 Å². The van der Waals surface area contributed by atoms with Crippen LogP contribution in [0.1, 0.15) is 6.42 Å². The molecule has 116 valence electrons. The molecule has 0 aliphatic carbocycles. The first-order chi connectivity index (χ1) is 9.56. The average Bonchev–Trinajstić information content (AvgIpc) is 2.31.